The topological polar surface area (TPSA) is 75.7 Å². The fraction of sp³-hybridized carbons (Fsp3) is 0.409. The molecular weight excluding hydrogens is 424 g/mol. The van der Waals surface area contributed by atoms with Crippen LogP contribution in [0.3, 0.4) is 0 Å². The van der Waals surface area contributed by atoms with Crippen molar-refractivity contribution in [2.24, 2.45) is 0 Å². The summed E-state index contributed by atoms with van der Waals surface area (Å²) in [4.78, 5) is 12.8. The summed E-state index contributed by atoms with van der Waals surface area (Å²) >= 11 is 5.84. The van der Waals surface area contributed by atoms with E-state index in [4.69, 9.17) is 16.3 Å². The molecule has 30 heavy (non-hydrogen) atoms. The first-order chi connectivity index (χ1) is 14.4. The Morgan fingerprint density at radius 3 is 2.50 bits per heavy atom. The summed E-state index contributed by atoms with van der Waals surface area (Å²) < 4.78 is 32.6. The molecule has 0 aliphatic carbocycles. The van der Waals surface area contributed by atoms with Crippen LogP contribution in [0, 0.1) is 6.92 Å². The van der Waals surface area contributed by atoms with Crippen LogP contribution in [-0.4, -0.2) is 44.9 Å². The Morgan fingerprint density at radius 2 is 1.80 bits per heavy atom. The van der Waals surface area contributed by atoms with Gasteiger partial charge in [0.25, 0.3) is 5.91 Å². The fourth-order valence-electron chi connectivity index (χ4n) is 3.33. The molecule has 1 heterocycles. The number of nitrogens with one attached hydrogen (secondary N) is 1. The lowest BCUT2D eigenvalue weighted by atomic mass is 10.1. The summed E-state index contributed by atoms with van der Waals surface area (Å²) in [6, 6.07) is 11.9. The number of halogens is 1. The number of amides is 1. The largest absolute Gasteiger partial charge is 0.494 e. The maximum absolute atomic E-state index is 12.8. The number of rotatable bonds is 9. The first kappa shape index (κ1) is 22.6. The summed E-state index contributed by atoms with van der Waals surface area (Å²) in [6.45, 7) is 3.91. The number of carbonyl (C=O) groups excluding carboxylic acids is 1. The molecule has 8 heteroatoms. The molecule has 1 aliphatic heterocycles. The summed E-state index contributed by atoms with van der Waals surface area (Å²) in [5.41, 5.74) is 1.15. The van der Waals surface area contributed by atoms with Crippen molar-refractivity contribution in [3.63, 3.8) is 0 Å². The molecule has 0 spiro atoms. The Balaban J connectivity index is 1.49. The maximum Gasteiger partial charge on any atom is 0.251 e. The van der Waals surface area contributed by atoms with Crippen LogP contribution >= 0.6 is 11.6 Å². The summed E-state index contributed by atoms with van der Waals surface area (Å²) in [5.74, 6) is 0.500. The van der Waals surface area contributed by atoms with E-state index in [9.17, 15) is 13.2 Å². The van der Waals surface area contributed by atoms with Gasteiger partial charge >= 0.3 is 0 Å². The van der Waals surface area contributed by atoms with Gasteiger partial charge in [0.05, 0.1) is 11.5 Å². The van der Waals surface area contributed by atoms with E-state index in [2.05, 4.69) is 5.32 Å². The van der Waals surface area contributed by atoms with E-state index < -0.39 is 10.0 Å². The number of hydrogen-bond acceptors (Lipinski definition) is 4. The average Bonchev–Trinajstić information content (AvgIpc) is 3.28. The third-order valence-corrected chi connectivity index (χ3v) is 7.24. The quantitative estimate of drug-likeness (QED) is 0.585. The van der Waals surface area contributed by atoms with Gasteiger partial charge in [0.2, 0.25) is 10.0 Å². The van der Waals surface area contributed by atoms with Crippen molar-refractivity contribution in [1.29, 1.82) is 0 Å². The molecule has 162 valence electrons. The lowest BCUT2D eigenvalue weighted by Crippen LogP contribution is -2.29. The van der Waals surface area contributed by atoms with Crippen LogP contribution in [-0.2, 0) is 10.0 Å². The van der Waals surface area contributed by atoms with Gasteiger partial charge in [-0.25, -0.2) is 8.42 Å². The number of unbranched alkanes of at least 4 members (excludes halogenated alkanes) is 1. The Hall–Kier alpha value is -2.09. The van der Waals surface area contributed by atoms with Gasteiger partial charge in [-0.2, -0.15) is 4.31 Å². The predicted molar refractivity (Wildman–Crippen MR) is 118 cm³/mol. The second-order valence-electron chi connectivity index (χ2n) is 7.35. The maximum atomic E-state index is 12.8. The summed E-state index contributed by atoms with van der Waals surface area (Å²) in [6.07, 6.45) is 3.29. The molecule has 0 aromatic heterocycles. The number of benzene rings is 2. The van der Waals surface area contributed by atoms with E-state index in [0.717, 1.165) is 37.0 Å². The van der Waals surface area contributed by atoms with Gasteiger partial charge in [0, 0.05) is 30.2 Å². The molecule has 3 rings (SSSR count). The highest BCUT2D eigenvalue weighted by Crippen LogP contribution is 2.23. The van der Waals surface area contributed by atoms with E-state index in [0.29, 0.717) is 36.8 Å². The van der Waals surface area contributed by atoms with Crippen molar-refractivity contribution in [2.75, 3.05) is 26.2 Å². The van der Waals surface area contributed by atoms with Gasteiger partial charge in [-0.3, -0.25) is 4.79 Å². The number of sulfonamides is 1. The molecule has 1 N–H and O–H groups in total. The molecule has 6 nitrogen and oxygen atoms in total. The lowest BCUT2D eigenvalue weighted by molar-refractivity contribution is 0.0951. The van der Waals surface area contributed by atoms with E-state index in [1.807, 2.05) is 12.1 Å². The van der Waals surface area contributed by atoms with Crippen LogP contribution < -0.4 is 10.1 Å². The summed E-state index contributed by atoms with van der Waals surface area (Å²) in [5, 5.41) is 3.54. The second-order valence-corrected chi connectivity index (χ2v) is 9.73. The Bertz CT molecular complexity index is 971. The highest BCUT2D eigenvalue weighted by molar-refractivity contribution is 7.89. The van der Waals surface area contributed by atoms with E-state index >= 15 is 0 Å². The molecule has 1 aliphatic rings. The van der Waals surface area contributed by atoms with E-state index in [1.165, 1.54) is 10.4 Å². The molecular formula is C22H27ClN2O4S. The third-order valence-electron chi connectivity index (χ3n) is 5.10. The van der Waals surface area contributed by atoms with Crippen molar-refractivity contribution in [3.05, 3.63) is 58.6 Å². The van der Waals surface area contributed by atoms with Crippen molar-refractivity contribution in [2.45, 2.75) is 37.5 Å². The normalized spacial score (nSPS) is 14.6. The average molecular weight is 451 g/mol. The van der Waals surface area contributed by atoms with Crippen molar-refractivity contribution < 1.29 is 17.9 Å². The van der Waals surface area contributed by atoms with Gasteiger partial charge in [0.15, 0.2) is 0 Å². The first-order valence-electron chi connectivity index (χ1n) is 10.2. The predicted octanol–water partition coefficient (Wildman–Crippen LogP) is 4.02. The van der Waals surface area contributed by atoms with Gasteiger partial charge in [-0.05, 0) is 74.6 Å². The highest BCUT2D eigenvalue weighted by atomic mass is 35.5. The monoisotopic (exact) mass is 450 g/mol. The Labute approximate surface area is 183 Å². The lowest BCUT2D eigenvalue weighted by Gasteiger charge is -2.17. The molecule has 2 aromatic carbocycles. The second kappa shape index (κ2) is 10.3. The number of ether oxygens (including phenoxy) is 1. The van der Waals surface area contributed by atoms with Crippen LogP contribution in [0.1, 0.15) is 41.6 Å². The Morgan fingerprint density at radius 1 is 1.10 bits per heavy atom. The minimum absolute atomic E-state index is 0.177. The van der Waals surface area contributed by atoms with Crippen molar-refractivity contribution in [3.8, 4) is 5.75 Å². The molecule has 0 atom stereocenters. The van der Waals surface area contributed by atoms with Gasteiger partial charge < -0.3 is 10.1 Å². The zero-order valence-electron chi connectivity index (χ0n) is 17.1. The molecule has 1 amide bonds. The van der Waals surface area contributed by atoms with Crippen molar-refractivity contribution >= 4 is 27.5 Å². The van der Waals surface area contributed by atoms with E-state index in [1.54, 1.807) is 31.2 Å². The number of nitrogens with zero attached hydrogens (tertiary/aromatic N) is 1. The first-order valence-corrected chi connectivity index (χ1v) is 12.0. The van der Waals surface area contributed by atoms with Crippen LogP contribution in [0.25, 0.3) is 0 Å². The summed E-state index contributed by atoms with van der Waals surface area (Å²) in [7, 11) is -3.54. The van der Waals surface area contributed by atoms with E-state index in [-0.39, 0.29) is 10.8 Å². The van der Waals surface area contributed by atoms with Crippen LogP contribution in [0.4, 0.5) is 0 Å². The van der Waals surface area contributed by atoms with Gasteiger partial charge in [0.1, 0.15) is 5.75 Å². The van der Waals surface area contributed by atoms with Gasteiger partial charge in [-0.1, -0.05) is 17.7 Å². The zero-order valence-corrected chi connectivity index (χ0v) is 18.6. The van der Waals surface area contributed by atoms with Gasteiger partial charge in [-0.15, -0.1) is 0 Å². The SMILES string of the molecule is Cc1ccc(S(=O)(=O)N2CCCC2)cc1C(=O)NCCCCOc1ccc(Cl)cc1. The zero-order chi connectivity index (χ0) is 21.6. The Kier molecular flexibility index (Phi) is 7.75. The fourth-order valence-corrected chi connectivity index (χ4v) is 5.00. The molecule has 0 unspecified atom stereocenters. The standard InChI is InChI=1S/C22H27ClN2O4S/c1-17-6-11-20(30(27,28)25-13-3-4-14-25)16-21(17)22(26)24-12-2-5-15-29-19-9-7-18(23)8-10-19/h6-11,16H,2-5,12-15H2,1H3,(H,24,26). The minimum Gasteiger partial charge on any atom is -0.494 e. The minimum atomic E-state index is -3.54. The molecule has 0 bridgehead atoms. The molecule has 0 radical (unpaired) electrons. The third kappa shape index (κ3) is 5.74. The van der Waals surface area contributed by atoms with Crippen molar-refractivity contribution in [1.82, 2.24) is 9.62 Å². The number of carbonyl (C=O) groups is 1. The smallest absolute Gasteiger partial charge is 0.251 e. The molecule has 1 saturated heterocycles. The molecule has 2 aromatic rings. The highest BCUT2D eigenvalue weighted by Gasteiger charge is 2.28. The van der Waals surface area contributed by atoms with Crippen LogP contribution in [0.5, 0.6) is 5.75 Å². The molecule has 0 saturated carbocycles. The number of aryl methyl sites for hydroxylation is 1. The van der Waals surface area contributed by atoms with Crippen LogP contribution in [0.15, 0.2) is 47.4 Å². The molecule has 1 fully saturated rings. The number of hydrogen-bond donors (Lipinski definition) is 1. The van der Waals surface area contributed by atoms with Crippen LogP contribution in [0.2, 0.25) is 5.02 Å².